The number of nitrogens with zero attached hydrogens (tertiary/aromatic N) is 1. The van der Waals surface area contributed by atoms with Crippen LogP contribution in [0.2, 0.25) is 5.02 Å². The van der Waals surface area contributed by atoms with Gasteiger partial charge in [-0.15, -0.1) is 0 Å². The lowest BCUT2D eigenvalue weighted by molar-refractivity contribution is -0.147. The lowest BCUT2D eigenvalue weighted by Gasteiger charge is -2.46. The Balaban J connectivity index is 1.52. The van der Waals surface area contributed by atoms with E-state index in [1.807, 2.05) is 0 Å². The summed E-state index contributed by atoms with van der Waals surface area (Å²) in [4.78, 5) is 51.2. The fourth-order valence-corrected chi connectivity index (χ4v) is 6.75. The quantitative estimate of drug-likeness (QED) is 0.297. The molecule has 0 bridgehead atoms. The average molecular weight is 546 g/mol. The van der Waals surface area contributed by atoms with E-state index >= 15 is 0 Å². The number of likely N-dealkylation sites (tertiary alicyclic amines) is 1. The van der Waals surface area contributed by atoms with Crippen LogP contribution in [0.3, 0.4) is 0 Å². The molecule has 1 aromatic carbocycles. The summed E-state index contributed by atoms with van der Waals surface area (Å²) in [5.74, 6) is -6.88. The number of ketones is 2. The second-order valence-corrected chi connectivity index (χ2v) is 10.9. The summed E-state index contributed by atoms with van der Waals surface area (Å²) in [6.07, 6.45) is 0.566. The molecular weight excluding hydrogens is 518 g/mol. The molecule has 1 unspecified atom stereocenters. The molecule has 4 aliphatic rings. The number of benzene rings is 1. The summed E-state index contributed by atoms with van der Waals surface area (Å²) in [6.45, 7) is 3.18. The summed E-state index contributed by atoms with van der Waals surface area (Å²) in [7, 11) is 0. The number of phenolic OH excluding ortho intramolecular Hbond substituents is 1. The zero-order valence-corrected chi connectivity index (χ0v) is 21.3. The van der Waals surface area contributed by atoms with E-state index in [1.54, 1.807) is 0 Å². The maximum absolute atomic E-state index is 13.5. The van der Waals surface area contributed by atoms with Crippen molar-refractivity contribution >= 4 is 40.7 Å². The van der Waals surface area contributed by atoms with E-state index in [4.69, 9.17) is 17.3 Å². The number of phenols is 1. The first-order chi connectivity index (χ1) is 17.8. The highest BCUT2D eigenvalue weighted by Gasteiger charge is 2.60. The summed E-state index contributed by atoms with van der Waals surface area (Å²) in [5, 5.41) is 47.2. The first kappa shape index (κ1) is 26.2. The molecular formula is C26H28ClN3O8. The number of Topliss-reactive ketones (excluding diaryl/α,β-unsaturated/α-hetero) is 2. The van der Waals surface area contributed by atoms with Crippen LogP contribution >= 0.6 is 11.6 Å². The van der Waals surface area contributed by atoms with Crippen molar-refractivity contribution in [2.24, 2.45) is 17.6 Å². The van der Waals surface area contributed by atoms with Gasteiger partial charge in [-0.1, -0.05) is 11.6 Å². The minimum Gasteiger partial charge on any atom is -0.508 e. The highest BCUT2D eigenvalue weighted by atomic mass is 35.5. The molecule has 38 heavy (non-hydrogen) atoms. The molecule has 1 aliphatic heterocycles. The van der Waals surface area contributed by atoms with Gasteiger partial charge in [-0.05, 0) is 42.4 Å². The number of carbonyl (C=O) groups is 4. The Morgan fingerprint density at radius 3 is 2.61 bits per heavy atom. The van der Waals surface area contributed by atoms with Gasteiger partial charge in [0.2, 0.25) is 11.7 Å². The predicted octanol–water partition coefficient (Wildman–Crippen LogP) is 0.788. The number of amides is 2. The summed E-state index contributed by atoms with van der Waals surface area (Å²) in [5.41, 5.74) is 2.57. The highest BCUT2D eigenvalue weighted by Crippen LogP contribution is 2.53. The molecule has 1 heterocycles. The molecule has 1 saturated carbocycles. The van der Waals surface area contributed by atoms with Gasteiger partial charge in [0.15, 0.2) is 11.4 Å². The molecule has 5 rings (SSSR count). The van der Waals surface area contributed by atoms with Crippen molar-refractivity contribution in [2.75, 3.05) is 13.1 Å². The number of fused-ring (bicyclic) bond motifs is 3. The third-order valence-electron chi connectivity index (χ3n) is 8.15. The Kier molecular flexibility index (Phi) is 6.28. The summed E-state index contributed by atoms with van der Waals surface area (Å²) < 4.78 is 0. The van der Waals surface area contributed by atoms with Gasteiger partial charge in [0.05, 0.1) is 5.56 Å². The van der Waals surface area contributed by atoms with Crippen LogP contribution in [0.1, 0.15) is 42.9 Å². The van der Waals surface area contributed by atoms with Crippen LogP contribution in [-0.4, -0.2) is 73.4 Å². The second-order valence-electron chi connectivity index (χ2n) is 10.6. The van der Waals surface area contributed by atoms with Crippen LogP contribution < -0.4 is 11.1 Å². The SMILES string of the molecule is CC(=O)N[C@H]1CCN(Cc2cc(O)c3c(c2Cl)CC2C[C@H]4CC(=O)C(C(N)=O)=C(O)[C@@]4(O)C(=O)C2=C3O)C1. The van der Waals surface area contributed by atoms with Gasteiger partial charge in [0, 0.05) is 55.5 Å². The lowest BCUT2D eigenvalue weighted by atomic mass is 9.59. The highest BCUT2D eigenvalue weighted by molar-refractivity contribution is 6.32. The van der Waals surface area contributed by atoms with Crippen LogP contribution in [0.5, 0.6) is 5.75 Å². The molecule has 12 heteroatoms. The Labute approximate surface area is 222 Å². The monoisotopic (exact) mass is 545 g/mol. The van der Waals surface area contributed by atoms with Gasteiger partial charge in [0.25, 0.3) is 5.91 Å². The molecule has 0 aromatic heterocycles. The van der Waals surface area contributed by atoms with E-state index in [9.17, 15) is 39.6 Å². The number of hydrogen-bond donors (Lipinski definition) is 6. The third kappa shape index (κ3) is 3.88. The standard InChI is InChI=1S/C26H28ClN3O8/c1-10(31)29-14-2-3-30(9-14)8-12-6-16(32)19-15(21(12)27)5-11-4-13-7-17(33)20(25(28)37)24(36)26(13,38)23(35)18(11)22(19)34/h6,11,13-14,32,34,36,38H,2-5,7-9H2,1H3,(H2,28,37)(H,29,31)/t11?,13-,14-,26-/m0/s1. The molecule has 1 aromatic rings. The molecule has 2 amide bonds. The molecule has 3 aliphatic carbocycles. The van der Waals surface area contributed by atoms with E-state index in [0.29, 0.717) is 35.8 Å². The van der Waals surface area contributed by atoms with Crippen LogP contribution in [0.25, 0.3) is 5.76 Å². The normalized spacial score (nSPS) is 29.2. The van der Waals surface area contributed by atoms with E-state index in [2.05, 4.69) is 10.2 Å². The number of aliphatic hydroxyl groups is 3. The Morgan fingerprint density at radius 1 is 1.24 bits per heavy atom. The minimum atomic E-state index is -2.60. The number of aliphatic hydroxyl groups excluding tert-OH is 2. The predicted molar refractivity (Wildman–Crippen MR) is 134 cm³/mol. The fraction of sp³-hybridized carbons (Fsp3) is 0.462. The number of nitrogens with one attached hydrogen (secondary N) is 1. The van der Waals surface area contributed by atoms with Crippen molar-refractivity contribution in [3.63, 3.8) is 0 Å². The lowest BCUT2D eigenvalue weighted by Crippen LogP contribution is -2.58. The number of primary amides is 1. The van der Waals surface area contributed by atoms with Crippen molar-refractivity contribution < 1.29 is 39.6 Å². The fourth-order valence-electron chi connectivity index (χ4n) is 6.46. The van der Waals surface area contributed by atoms with Crippen molar-refractivity contribution in [1.82, 2.24) is 10.2 Å². The van der Waals surface area contributed by atoms with Crippen molar-refractivity contribution in [3.8, 4) is 5.75 Å². The van der Waals surface area contributed by atoms with Crippen molar-refractivity contribution in [3.05, 3.63) is 44.7 Å². The summed E-state index contributed by atoms with van der Waals surface area (Å²) in [6, 6.07) is 1.43. The maximum Gasteiger partial charge on any atom is 0.255 e. The van der Waals surface area contributed by atoms with E-state index in [0.717, 1.165) is 6.42 Å². The number of hydrogen-bond acceptors (Lipinski definition) is 9. The molecule has 0 radical (unpaired) electrons. The van der Waals surface area contributed by atoms with Crippen LogP contribution in [0.15, 0.2) is 23.0 Å². The van der Waals surface area contributed by atoms with E-state index < -0.39 is 52.0 Å². The Hall–Kier alpha value is -3.41. The van der Waals surface area contributed by atoms with E-state index in [1.165, 1.54) is 13.0 Å². The number of rotatable bonds is 4. The molecule has 7 N–H and O–H groups in total. The van der Waals surface area contributed by atoms with Crippen LogP contribution in [0.4, 0.5) is 0 Å². The van der Waals surface area contributed by atoms with Gasteiger partial charge in [0.1, 0.15) is 22.8 Å². The third-order valence-corrected chi connectivity index (χ3v) is 8.62. The minimum absolute atomic E-state index is 0.0118. The molecule has 1 saturated heterocycles. The maximum atomic E-state index is 13.5. The first-order valence-electron chi connectivity index (χ1n) is 12.3. The largest absolute Gasteiger partial charge is 0.508 e. The zero-order chi connectivity index (χ0) is 27.7. The van der Waals surface area contributed by atoms with Crippen LogP contribution in [0, 0.1) is 11.8 Å². The zero-order valence-electron chi connectivity index (χ0n) is 20.6. The number of aromatic hydroxyl groups is 1. The number of carbonyl (C=O) groups excluding carboxylic acids is 4. The van der Waals surface area contributed by atoms with Crippen LogP contribution in [-0.2, 0) is 32.1 Å². The van der Waals surface area contributed by atoms with Crippen molar-refractivity contribution in [1.29, 1.82) is 0 Å². The van der Waals surface area contributed by atoms with Gasteiger partial charge < -0.3 is 31.5 Å². The van der Waals surface area contributed by atoms with E-state index in [-0.39, 0.29) is 48.1 Å². The average Bonchev–Trinajstić information content (AvgIpc) is 3.25. The second kappa shape index (κ2) is 9.11. The molecule has 11 nitrogen and oxygen atoms in total. The smallest absolute Gasteiger partial charge is 0.255 e. The Bertz CT molecular complexity index is 1370. The first-order valence-corrected chi connectivity index (χ1v) is 12.7. The van der Waals surface area contributed by atoms with Gasteiger partial charge in [-0.25, -0.2) is 0 Å². The van der Waals surface area contributed by atoms with Gasteiger partial charge in [-0.2, -0.15) is 0 Å². The molecule has 202 valence electrons. The van der Waals surface area contributed by atoms with Gasteiger partial charge >= 0.3 is 0 Å². The molecule has 4 atom stereocenters. The van der Waals surface area contributed by atoms with Crippen molar-refractivity contribution in [2.45, 2.75) is 50.8 Å². The number of halogens is 1. The molecule has 2 fully saturated rings. The molecule has 0 spiro atoms. The topological polar surface area (TPSA) is 190 Å². The Morgan fingerprint density at radius 2 is 1.95 bits per heavy atom. The number of nitrogens with two attached hydrogens (primary N) is 1. The summed E-state index contributed by atoms with van der Waals surface area (Å²) >= 11 is 6.77. The van der Waals surface area contributed by atoms with Gasteiger partial charge in [-0.3, -0.25) is 24.1 Å².